The molecule has 2 nitrogen and oxygen atoms in total. The van der Waals surface area contributed by atoms with Gasteiger partial charge in [-0.05, 0) is 39.0 Å². The zero-order valence-electron chi connectivity index (χ0n) is 10.8. The van der Waals surface area contributed by atoms with Gasteiger partial charge in [0.25, 0.3) is 0 Å². The smallest absolute Gasteiger partial charge is 0.135 e. The summed E-state index contributed by atoms with van der Waals surface area (Å²) in [5.41, 5.74) is 0. The first-order valence-electron chi connectivity index (χ1n) is 6.92. The second kappa shape index (κ2) is 7.17. The van der Waals surface area contributed by atoms with Crippen LogP contribution >= 0.6 is 0 Å². The fourth-order valence-corrected chi connectivity index (χ4v) is 3.27. The van der Waals surface area contributed by atoms with Crippen molar-refractivity contribution in [1.82, 2.24) is 4.90 Å². The van der Waals surface area contributed by atoms with E-state index in [-0.39, 0.29) is 24.0 Å². The SMILES string of the molecule is CC[N+]1(CN2CCCCC2)CCCCC1.[I-]. The van der Waals surface area contributed by atoms with Gasteiger partial charge in [-0.1, -0.05) is 6.42 Å². The molecule has 2 rings (SSSR count). The van der Waals surface area contributed by atoms with E-state index < -0.39 is 0 Å². The first-order valence-corrected chi connectivity index (χ1v) is 6.92. The van der Waals surface area contributed by atoms with Gasteiger partial charge in [-0.15, -0.1) is 0 Å². The molecule has 0 saturated carbocycles. The van der Waals surface area contributed by atoms with Gasteiger partial charge in [0, 0.05) is 13.1 Å². The molecule has 0 aromatic rings. The van der Waals surface area contributed by atoms with Crippen LogP contribution in [0.15, 0.2) is 0 Å². The van der Waals surface area contributed by atoms with E-state index >= 15 is 0 Å². The van der Waals surface area contributed by atoms with Crippen molar-refractivity contribution < 1.29 is 28.5 Å². The Morgan fingerprint density at radius 2 is 1.44 bits per heavy atom. The zero-order valence-corrected chi connectivity index (χ0v) is 12.9. The summed E-state index contributed by atoms with van der Waals surface area (Å²) in [6.07, 6.45) is 8.72. The Bertz CT molecular complexity index is 184. The molecule has 2 fully saturated rings. The highest BCUT2D eigenvalue weighted by Crippen LogP contribution is 2.21. The van der Waals surface area contributed by atoms with Gasteiger partial charge in [-0.3, -0.25) is 4.90 Å². The molecule has 0 bridgehead atoms. The molecule has 96 valence electrons. The summed E-state index contributed by atoms with van der Waals surface area (Å²) < 4.78 is 1.39. The van der Waals surface area contributed by atoms with Crippen molar-refractivity contribution in [2.75, 3.05) is 39.4 Å². The van der Waals surface area contributed by atoms with Gasteiger partial charge in [0.05, 0.1) is 19.6 Å². The second-order valence-corrected chi connectivity index (χ2v) is 5.49. The number of nitrogens with zero attached hydrogens (tertiary/aromatic N) is 2. The summed E-state index contributed by atoms with van der Waals surface area (Å²) in [6.45, 7) is 10.7. The van der Waals surface area contributed by atoms with E-state index in [4.69, 9.17) is 0 Å². The van der Waals surface area contributed by atoms with E-state index in [1.165, 1.54) is 82.4 Å². The zero-order chi connectivity index (χ0) is 10.6. The standard InChI is InChI=1S/C13H27N2.HI/c1-2-15(11-7-4-8-12-15)13-14-9-5-3-6-10-14;/h2-13H2,1H3;1H/q+1;/p-1. The summed E-state index contributed by atoms with van der Waals surface area (Å²) in [7, 11) is 0. The van der Waals surface area contributed by atoms with Gasteiger partial charge >= 0.3 is 0 Å². The molecule has 0 aliphatic carbocycles. The average Bonchev–Trinajstić information content (AvgIpc) is 2.32. The Balaban J connectivity index is 0.00000128. The quantitative estimate of drug-likeness (QED) is 0.493. The minimum atomic E-state index is 0. The molecule has 3 heteroatoms. The molecule has 16 heavy (non-hydrogen) atoms. The monoisotopic (exact) mass is 338 g/mol. The Labute approximate surface area is 118 Å². The Hall–Kier alpha value is 0.650. The molecule has 0 atom stereocenters. The molecule has 0 N–H and O–H groups in total. The summed E-state index contributed by atoms with van der Waals surface area (Å²) in [4.78, 5) is 2.72. The van der Waals surface area contributed by atoms with Gasteiger partial charge in [0.15, 0.2) is 0 Å². The predicted octanol–water partition coefficient (Wildman–Crippen LogP) is -0.546. The molecule has 0 radical (unpaired) electrons. The van der Waals surface area contributed by atoms with E-state index in [9.17, 15) is 0 Å². The third kappa shape index (κ3) is 3.84. The number of rotatable bonds is 3. The largest absolute Gasteiger partial charge is 1.00 e. The topological polar surface area (TPSA) is 3.24 Å². The van der Waals surface area contributed by atoms with Crippen LogP contribution in [0.25, 0.3) is 0 Å². The second-order valence-electron chi connectivity index (χ2n) is 5.49. The van der Waals surface area contributed by atoms with Crippen LogP contribution in [0, 0.1) is 0 Å². The Kier molecular flexibility index (Phi) is 6.59. The van der Waals surface area contributed by atoms with Gasteiger partial charge in [0.2, 0.25) is 0 Å². The minimum Gasteiger partial charge on any atom is -1.00 e. The lowest BCUT2D eigenvalue weighted by molar-refractivity contribution is -0.940. The Morgan fingerprint density at radius 3 is 2.00 bits per heavy atom. The van der Waals surface area contributed by atoms with Crippen molar-refractivity contribution in [2.24, 2.45) is 0 Å². The van der Waals surface area contributed by atoms with Crippen LogP contribution in [0.4, 0.5) is 0 Å². The van der Waals surface area contributed by atoms with Crippen molar-refractivity contribution >= 4 is 0 Å². The number of hydrogen-bond donors (Lipinski definition) is 0. The van der Waals surface area contributed by atoms with E-state index in [2.05, 4.69) is 11.8 Å². The van der Waals surface area contributed by atoms with Crippen LogP contribution in [0.5, 0.6) is 0 Å². The first kappa shape index (κ1) is 14.7. The molecule has 2 saturated heterocycles. The van der Waals surface area contributed by atoms with Gasteiger partial charge in [0.1, 0.15) is 6.67 Å². The third-order valence-corrected chi connectivity index (χ3v) is 4.38. The maximum atomic E-state index is 2.72. The highest BCUT2D eigenvalue weighted by Gasteiger charge is 2.30. The number of quaternary nitrogens is 1. The van der Waals surface area contributed by atoms with E-state index in [0.717, 1.165) is 0 Å². The van der Waals surface area contributed by atoms with E-state index in [1.54, 1.807) is 0 Å². The van der Waals surface area contributed by atoms with Crippen LogP contribution in [-0.2, 0) is 0 Å². The lowest BCUT2D eigenvalue weighted by atomic mass is 10.1. The summed E-state index contributed by atoms with van der Waals surface area (Å²) in [5, 5.41) is 0. The number of likely N-dealkylation sites (tertiary alicyclic amines) is 2. The minimum absolute atomic E-state index is 0. The van der Waals surface area contributed by atoms with Crippen LogP contribution in [0.2, 0.25) is 0 Å². The molecular formula is C13H27IN2. The molecule has 0 amide bonds. The van der Waals surface area contributed by atoms with Crippen molar-refractivity contribution in [2.45, 2.75) is 45.4 Å². The molecular weight excluding hydrogens is 311 g/mol. The fourth-order valence-electron chi connectivity index (χ4n) is 3.27. The number of piperidine rings is 2. The molecule has 2 aliphatic rings. The molecule has 0 aromatic heterocycles. The lowest BCUT2D eigenvalue weighted by Crippen LogP contribution is -3.00. The van der Waals surface area contributed by atoms with Crippen LogP contribution in [0.3, 0.4) is 0 Å². The first-order chi connectivity index (χ1) is 7.35. The van der Waals surface area contributed by atoms with Gasteiger partial charge in [-0.25, -0.2) is 0 Å². The summed E-state index contributed by atoms with van der Waals surface area (Å²) in [6, 6.07) is 0. The highest BCUT2D eigenvalue weighted by molar-refractivity contribution is 4.63. The van der Waals surface area contributed by atoms with Gasteiger partial charge < -0.3 is 28.5 Å². The van der Waals surface area contributed by atoms with Crippen molar-refractivity contribution in [3.8, 4) is 0 Å². The van der Waals surface area contributed by atoms with E-state index in [0.29, 0.717) is 0 Å². The number of halogens is 1. The van der Waals surface area contributed by atoms with Crippen molar-refractivity contribution in [3.05, 3.63) is 0 Å². The Morgan fingerprint density at radius 1 is 0.875 bits per heavy atom. The summed E-state index contributed by atoms with van der Waals surface area (Å²) >= 11 is 0. The number of hydrogen-bond acceptors (Lipinski definition) is 1. The lowest BCUT2D eigenvalue weighted by Gasteiger charge is -2.44. The summed E-state index contributed by atoms with van der Waals surface area (Å²) in [5.74, 6) is 0. The maximum absolute atomic E-state index is 2.72. The van der Waals surface area contributed by atoms with Crippen LogP contribution < -0.4 is 24.0 Å². The van der Waals surface area contributed by atoms with Crippen LogP contribution in [-0.4, -0.2) is 48.8 Å². The normalized spacial score (nSPS) is 26.1. The molecule has 2 aliphatic heterocycles. The highest BCUT2D eigenvalue weighted by atomic mass is 127. The van der Waals surface area contributed by atoms with Gasteiger partial charge in [-0.2, -0.15) is 0 Å². The third-order valence-electron chi connectivity index (χ3n) is 4.38. The van der Waals surface area contributed by atoms with Crippen molar-refractivity contribution in [1.29, 1.82) is 0 Å². The maximum Gasteiger partial charge on any atom is 0.135 e. The van der Waals surface area contributed by atoms with E-state index in [1.807, 2.05) is 0 Å². The predicted molar refractivity (Wildman–Crippen MR) is 64.7 cm³/mol. The fraction of sp³-hybridized carbons (Fsp3) is 1.00. The van der Waals surface area contributed by atoms with Crippen LogP contribution in [0.1, 0.15) is 45.4 Å². The average molecular weight is 338 g/mol. The molecule has 0 unspecified atom stereocenters. The van der Waals surface area contributed by atoms with Crippen molar-refractivity contribution in [3.63, 3.8) is 0 Å². The molecule has 0 aromatic carbocycles. The molecule has 2 heterocycles. The molecule has 0 spiro atoms.